The Morgan fingerprint density at radius 2 is 1.90 bits per heavy atom. The smallest absolute Gasteiger partial charge is 0.258 e. The summed E-state index contributed by atoms with van der Waals surface area (Å²) in [7, 11) is 0. The number of hydrogen-bond donors (Lipinski definition) is 0. The molecule has 0 saturated carbocycles. The Balaban J connectivity index is 2.07. The van der Waals surface area contributed by atoms with Crippen LogP contribution in [-0.2, 0) is 0 Å². The summed E-state index contributed by atoms with van der Waals surface area (Å²) in [5, 5.41) is 0.481. The Bertz CT molecular complexity index is 731. The lowest BCUT2D eigenvalue weighted by Gasteiger charge is -2.29. The zero-order valence-corrected chi connectivity index (χ0v) is 13.3. The molecule has 0 N–H and O–H groups in total. The monoisotopic (exact) mass is 363 g/mol. The normalized spacial score (nSPS) is 14.0. The van der Waals surface area contributed by atoms with Crippen LogP contribution in [0.5, 0.6) is 0 Å². The van der Waals surface area contributed by atoms with E-state index in [2.05, 4.69) is 15.9 Å². The number of fused-ring (bicyclic) bond motifs is 1. The molecule has 1 heterocycles. The topological polar surface area (TPSA) is 37.4 Å². The molecule has 21 heavy (non-hydrogen) atoms. The quantitative estimate of drug-likeness (QED) is 0.755. The van der Waals surface area contributed by atoms with Crippen LogP contribution in [0, 0.1) is 0 Å². The van der Waals surface area contributed by atoms with Crippen LogP contribution in [-0.4, -0.2) is 18.2 Å². The van der Waals surface area contributed by atoms with Gasteiger partial charge in [-0.3, -0.25) is 9.59 Å². The minimum atomic E-state index is -0.122. The van der Waals surface area contributed by atoms with E-state index in [0.717, 1.165) is 0 Å². The van der Waals surface area contributed by atoms with Crippen molar-refractivity contribution in [2.75, 3.05) is 11.4 Å². The molecule has 0 atom stereocenters. The summed E-state index contributed by atoms with van der Waals surface area (Å²) in [6.07, 6.45) is 0.319. The third-order valence-electron chi connectivity index (χ3n) is 3.46. The molecule has 3 nitrogen and oxygen atoms in total. The Hall–Kier alpha value is -1.65. The number of Topliss-reactive ketones (excluding diaryl/α,β-unsaturated/α-hetero) is 1. The number of carbonyl (C=O) groups is 2. The molecule has 0 bridgehead atoms. The number of halogens is 2. The maximum atomic E-state index is 12.6. The first-order chi connectivity index (χ1) is 10.1. The molecule has 0 saturated heterocycles. The van der Waals surface area contributed by atoms with Gasteiger partial charge in [0.25, 0.3) is 5.91 Å². The number of amides is 1. The van der Waals surface area contributed by atoms with Crippen LogP contribution < -0.4 is 4.90 Å². The van der Waals surface area contributed by atoms with Gasteiger partial charge >= 0.3 is 0 Å². The molecule has 0 fully saturated rings. The van der Waals surface area contributed by atoms with Crippen molar-refractivity contribution in [2.24, 2.45) is 0 Å². The van der Waals surface area contributed by atoms with E-state index >= 15 is 0 Å². The molecule has 106 valence electrons. The molecule has 0 aromatic heterocycles. The van der Waals surface area contributed by atoms with Crippen molar-refractivity contribution in [1.82, 2.24) is 0 Å². The minimum Gasteiger partial charge on any atom is -0.307 e. The molecule has 1 aliphatic rings. The van der Waals surface area contributed by atoms with Crippen molar-refractivity contribution in [3.63, 3.8) is 0 Å². The van der Waals surface area contributed by atoms with Crippen molar-refractivity contribution in [3.05, 3.63) is 63.1 Å². The number of hydrogen-bond acceptors (Lipinski definition) is 2. The molecule has 1 aliphatic heterocycles. The molecule has 0 spiro atoms. The standard InChI is InChI=1S/C16H11BrClNO2/c17-12-8-11-14(9-13(12)18)19(7-6-15(11)20)16(21)10-4-2-1-3-5-10/h1-5,8-9H,6-7H2. The fourth-order valence-corrected chi connectivity index (χ4v) is 2.90. The highest BCUT2D eigenvalue weighted by atomic mass is 79.9. The van der Waals surface area contributed by atoms with E-state index in [0.29, 0.717) is 39.3 Å². The molecule has 0 radical (unpaired) electrons. The first-order valence-corrected chi connectivity index (χ1v) is 7.64. The van der Waals surface area contributed by atoms with Crippen LogP contribution in [0.2, 0.25) is 5.02 Å². The first-order valence-electron chi connectivity index (χ1n) is 6.47. The number of ketones is 1. The van der Waals surface area contributed by atoms with Crippen LogP contribution in [0.25, 0.3) is 0 Å². The number of anilines is 1. The second-order valence-corrected chi connectivity index (χ2v) is 6.04. The molecule has 1 amide bonds. The van der Waals surface area contributed by atoms with Crippen molar-refractivity contribution in [2.45, 2.75) is 6.42 Å². The minimum absolute atomic E-state index is 0.0273. The second kappa shape index (κ2) is 5.62. The highest BCUT2D eigenvalue weighted by molar-refractivity contribution is 9.10. The van der Waals surface area contributed by atoms with E-state index in [4.69, 9.17) is 11.6 Å². The Morgan fingerprint density at radius 3 is 2.62 bits per heavy atom. The Labute approximate surface area is 135 Å². The van der Waals surface area contributed by atoms with Gasteiger partial charge < -0.3 is 4.90 Å². The van der Waals surface area contributed by atoms with E-state index in [1.807, 2.05) is 18.2 Å². The molecular weight excluding hydrogens is 354 g/mol. The van der Waals surface area contributed by atoms with Gasteiger partial charge in [-0.05, 0) is 40.2 Å². The lowest BCUT2D eigenvalue weighted by atomic mass is 9.99. The summed E-state index contributed by atoms with van der Waals surface area (Å²) in [4.78, 5) is 26.3. The fourth-order valence-electron chi connectivity index (χ4n) is 2.40. The van der Waals surface area contributed by atoms with Gasteiger partial charge in [0.15, 0.2) is 5.78 Å². The van der Waals surface area contributed by atoms with Crippen LogP contribution in [0.15, 0.2) is 46.9 Å². The van der Waals surface area contributed by atoms with Gasteiger partial charge in [0.2, 0.25) is 0 Å². The lowest BCUT2D eigenvalue weighted by Crippen LogP contribution is -2.37. The van der Waals surface area contributed by atoms with Gasteiger partial charge in [-0.2, -0.15) is 0 Å². The summed E-state index contributed by atoms with van der Waals surface area (Å²) in [5.74, 6) is -0.0952. The van der Waals surface area contributed by atoms with Crippen molar-refractivity contribution < 1.29 is 9.59 Å². The molecule has 2 aromatic rings. The largest absolute Gasteiger partial charge is 0.307 e. The predicted octanol–water partition coefficient (Wildman–Crippen LogP) is 4.34. The SMILES string of the molecule is O=C1CCN(C(=O)c2ccccc2)c2cc(Cl)c(Br)cc21. The van der Waals surface area contributed by atoms with Crippen molar-refractivity contribution in [1.29, 1.82) is 0 Å². The molecule has 0 aliphatic carbocycles. The zero-order valence-electron chi connectivity index (χ0n) is 11.0. The summed E-state index contributed by atoms with van der Waals surface area (Å²) in [6, 6.07) is 12.4. The average Bonchev–Trinajstić information content (AvgIpc) is 2.50. The van der Waals surface area contributed by atoms with Gasteiger partial charge in [0.05, 0.1) is 10.7 Å². The molecule has 2 aromatic carbocycles. The Kier molecular flexibility index (Phi) is 3.83. The van der Waals surface area contributed by atoms with Crippen LogP contribution in [0.3, 0.4) is 0 Å². The number of rotatable bonds is 1. The lowest BCUT2D eigenvalue weighted by molar-refractivity contribution is 0.0955. The average molecular weight is 365 g/mol. The van der Waals surface area contributed by atoms with E-state index in [1.54, 1.807) is 29.2 Å². The highest BCUT2D eigenvalue weighted by Crippen LogP contribution is 2.35. The summed E-state index contributed by atoms with van der Waals surface area (Å²) < 4.78 is 0.658. The maximum absolute atomic E-state index is 12.6. The summed E-state index contributed by atoms with van der Waals surface area (Å²) in [5.41, 5.74) is 1.70. The van der Waals surface area contributed by atoms with Gasteiger partial charge in [-0.15, -0.1) is 0 Å². The first kappa shape index (κ1) is 14.3. The highest BCUT2D eigenvalue weighted by Gasteiger charge is 2.28. The number of carbonyl (C=O) groups excluding carboxylic acids is 2. The van der Waals surface area contributed by atoms with E-state index < -0.39 is 0 Å². The van der Waals surface area contributed by atoms with Crippen molar-refractivity contribution in [3.8, 4) is 0 Å². The maximum Gasteiger partial charge on any atom is 0.258 e. The summed E-state index contributed by atoms with van der Waals surface area (Å²) in [6.45, 7) is 0.373. The molecule has 0 unspecified atom stereocenters. The van der Waals surface area contributed by atoms with Crippen molar-refractivity contribution >= 4 is 44.9 Å². The van der Waals surface area contributed by atoms with Gasteiger partial charge in [-0.25, -0.2) is 0 Å². The third-order valence-corrected chi connectivity index (χ3v) is 4.66. The molecular formula is C16H11BrClNO2. The van der Waals surface area contributed by atoms with Gasteiger partial charge in [0.1, 0.15) is 0 Å². The Morgan fingerprint density at radius 1 is 1.19 bits per heavy atom. The van der Waals surface area contributed by atoms with Crippen LogP contribution >= 0.6 is 27.5 Å². The fraction of sp³-hybridized carbons (Fsp3) is 0.125. The van der Waals surface area contributed by atoms with Crippen LogP contribution in [0.1, 0.15) is 27.1 Å². The van der Waals surface area contributed by atoms with E-state index in [9.17, 15) is 9.59 Å². The van der Waals surface area contributed by atoms with E-state index in [-0.39, 0.29) is 11.7 Å². The second-order valence-electron chi connectivity index (χ2n) is 4.78. The van der Waals surface area contributed by atoms with E-state index in [1.165, 1.54) is 0 Å². The van der Waals surface area contributed by atoms with Gasteiger partial charge in [-0.1, -0.05) is 29.8 Å². The predicted molar refractivity (Wildman–Crippen MR) is 86.2 cm³/mol. The zero-order chi connectivity index (χ0) is 15.0. The molecule has 5 heteroatoms. The number of benzene rings is 2. The number of nitrogens with zero attached hydrogens (tertiary/aromatic N) is 1. The van der Waals surface area contributed by atoms with Crippen LogP contribution in [0.4, 0.5) is 5.69 Å². The summed E-state index contributed by atoms with van der Waals surface area (Å²) >= 11 is 9.43. The van der Waals surface area contributed by atoms with Gasteiger partial charge in [0, 0.05) is 28.6 Å². The molecule has 3 rings (SSSR count). The third kappa shape index (κ3) is 2.61.